The molecule has 3 heteroatoms. The van der Waals surface area contributed by atoms with Crippen molar-refractivity contribution in [2.45, 2.75) is 47.1 Å². The number of hydrogen-bond acceptors (Lipinski definition) is 2. The lowest BCUT2D eigenvalue weighted by molar-refractivity contribution is -0.120. The van der Waals surface area contributed by atoms with E-state index in [0.29, 0.717) is 19.1 Å². The Balaban J connectivity index is 2.41. The molecule has 0 radical (unpaired) electrons. The van der Waals surface area contributed by atoms with Gasteiger partial charge in [0.25, 0.3) is 0 Å². The Morgan fingerprint density at radius 1 is 1.16 bits per heavy atom. The minimum atomic E-state index is 0.0650. The average Bonchev–Trinajstić information content (AvgIpc) is 2.36. The quantitative estimate of drug-likeness (QED) is 0.825. The molecule has 0 aliphatic rings. The van der Waals surface area contributed by atoms with Gasteiger partial charge in [0.1, 0.15) is 0 Å². The fraction of sp³-hybridized carbons (Fsp3) is 0.562. The van der Waals surface area contributed by atoms with Crippen molar-refractivity contribution in [3.8, 4) is 0 Å². The van der Waals surface area contributed by atoms with Crippen molar-refractivity contribution in [1.82, 2.24) is 10.6 Å². The van der Waals surface area contributed by atoms with Crippen LogP contribution in [0.25, 0.3) is 0 Å². The first kappa shape index (κ1) is 15.7. The molecule has 0 aliphatic carbocycles. The summed E-state index contributed by atoms with van der Waals surface area (Å²) in [5, 5.41) is 6.06. The van der Waals surface area contributed by atoms with Crippen LogP contribution in [0, 0.1) is 20.8 Å². The predicted octanol–water partition coefficient (Wildman–Crippen LogP) is 2.27. The van der Waals surface area contributed by atoms with E-state index in [-0.39, 0.29) is 5.91 Å². The smallest absolute Gasteiger partial charge is 0.233 e. The second kappa shape index (κ2) is 7.29. The van der Waals surface area contributed by atoms with Crippen LogP contribution in [-0.2, 0) is 11.2 Å². The molecule has 1 aromatic rings. The molecule has 1 amide bonds. The van der Waals surface area contributed by atoms with Crippen molar-refractivity contribution < 1.29 is 4.79 Å². The van der Waals surface area contributed by atoms with E-state index in [2.05, 4.69) is 43.5 Å². The fourth-order valence-electron chi connectivity index (χ4n) is 1.98. The van der Waals surface area contributed by atoms with E-state index in [9.17, 15) is 4.79 Å². The number of carbonyl (C=O) groups excluding carboxylic acids is 1. The largest absolute Gasteiger partial charge is 0.355 e. The highest BCUT2D eigenvalue weighted by Gasteiger charge is 2.05. The van der Waals surface area contributed by atoms with Crippen LogP contribution in [0.4, 0.5) is 0 Å². The standard InChI is InChI=1S/C16H26N2O/c1-11(2)18-10-16(19)17-9-8-15-7-6-12(3)13(4)14(15)5/h6-7,11,18H,8-10H2,1-5H3,(H,17,19). The first-order chi connectivity index (χ1) is 8.91. The first-order valence-electron chi connectivity index (χ1n) is 6.97. The van der Waals surface area contributed by atoms with Crippen LogP contribution in [0.2, 0.25) is 0 Å². The van der Waals surface area contributed by atoms with Gasteiger partial charge in [0, 0.05) is 12.6 Å². The van der Waals surface area contributed by atoms with E-state index in [0.717, 1.165) is 6.42 Å². The summed E-state index contributed by atoms with van der Waals surface area (Å²) in [4.78, 5) is 11.6. The molecule has 0 fully saturated rings. The summed E-state index contributed by atoms with van der Waals surface area (Å²) in [7, 11) is 0. The zero-order valence-electron chi connectivity index (χ0n) is 12.8. The summed E-state index contributed by atoms with van der Waals surface area (Å²) in [5.74, 6) is 0.0650. The number of carbonyl (C=O) groups is 1. The summed E-state index contributed by atoms with van der Waals surface area (Å²) >= 11 is 0. The second-order valence-corrected chi connectivity index (χ2v) is 5.43. The Labute approximate surface area is 116 Å². The second-order valence-electron chi connectivity index (χ2n) is 5.43. The third-order valence-corrected chi connectivity index (χ3v) is 3.56. The van der Waals surface area contributed by atoms with Crippen molar-refractivity contribution in [3.05, 3.63) is 34.4 Å². The SMILES string of the molecule is Cc1ccc(CCNC(=O)CNC(C)C)c(C)c1C. The molecule has 3 nitrogen and oxygen atoms in total. The molecule has 0 saturated heterocycles. The zero-order valence-corrected chi connectivity index (χ0v) is 12.8. The highest BCUT2D eigenvalue weighted by Crippen LogP contribution is 2.17. The van der Waals surface area contributed by atoms with Gasteiger partial charge < -0.3 is 10.6 Å². The lowest BCUT2D eigenvalue weighted by Gasteiger charge is -2.12. The Hall–Kier alpha value is -1.35. The van der Waals surface area contributed by atoms with Crippen molar-refractivity contribution >= 4 is 5.91 Å². The minimum absolute atomic E-state index is 0.0650. The summed E-state index contributed by atoms with van der Waals surface area (Å²) < 4.78 is 0. The zero-order chi connectivity index (χ0) is 14.4. The summed E-state index contributed by atoms with van der Waals surface area (Å²) in [6.45, 7) is 11.6. The van der Waals surface area contributed by atoms with Gasteiger partial charge in [-0.25, -0.2) is 0 Å². The molecular formula is C16H26N2O. The Morgan fingerprint density at radius 3 is 2.47 bits per heavy atom. The monoisotopic (exact) mass is 262 g/mol. The minimum Gasteiger partial charge on any atom is -0.355 e. The van der Waals surface area contributed by atoms with Gasteiger partial charge in [0.2, 0.25) is 5.91 Å². The Bertz CT molecular complexity index is 439. The van der Waals surface area contributed by atoms with Crippen LogP contribution in [0.5, 0.6) is 0 Å². The number of aryl methyl sites for hydroxylation is 1. The molecule has 0 aromatic heterocycles. The van der Waals surface area contributed by atoms with Gasteiger partial charge in [-0.15, -0.1) is 0 Å². The molecule has 0 atom stereocenters. The third-order valence-electron chi connectivity index (χ3n) is 3.56. The molecule has 19 heavy (non-hydrogen) atoms. The van der Waals surface area contributed by atoms with Crippen molar-refractivity contribution in [2.75, 3.05) is 13.1 Å². The number of rotatable bonds is 6. The lowest BCUT2D eigenvalue weighted by atomic mass is 9.97. The van der Waals surface area contributed by atoms with Gasteiger partial charge in [-0.2, -0.15) is 0 Å². The van der Waals surface area contributed by atoms with E-state index in [1.807, 2.05) is 13.8 Å². The molecule has 0 heterocycles. The maximum absolute atomic E-state index is 11.6. The van der Waals surface area contributed by atoms with E-state index in [1.54, 1.807) is 0 Å². The normalized spacial score (nSPS) is 10.8. The maximum Gasteiger partial charge on any atom is 0.233 e. The summed E-state index contributed by atoms with van der Waals surface area (Å²) in [6, 6.07) is 4.66. The lowest BCUT2D eigenvalue weighted by Crippen LogP contribution is -2.37. The van der Waals surface area contributed by atoms with Crippen LogP contribution in [0.1, 0.15) is 36.1 Å². The molecule has 0 aliphatic heterocycles. The van der Waals surface area contributed by atoms with Gasteiger partial charge >= 0.3 is 0 Å². The third kappa shape index (κ3) is 5.03. The maximum atomic E-state index is 11.6. The average molecular weight is 262 g/mol. The number of nitrogens with one attached hydrogen (secondary N) is 2. The van der Waals surface area contributed by atoms with Crippen LogP contribution >= 0.6 is 0 Å². The molecule has 0 unspecified atom stereocenters. The van der Waals surface area contributed by atoms with E-state index >= 15 is 0 Å². The molecule has 0 bridgehead atoms. The molecule has 106 valence electrons. The van der Waals surface area contributed by atoms with E-state index in [1.165, 1.54) is 22.3 Å². The molecule has 1 aromatic carbocycles. The number of amides is 1. The van der Waals surface area contributed by atoms with Gasteiger partial charge in [-0.05, 0) is 49.4 Å². The van der Waals surface area contributed by atoms with Crippen molar-refractivity contribution in [2.24, 2.45) is 0 Å². The van der Waals surface area contributed by atoms with E-state index in [4.69, 9.17) is 0 Å². The molecule has 1 rings (SSSR count). The summed E-state index contributed by atoms with van der Waals surface area (Å²) in [6.07, 6.45) is 0.889. The van der Waals surface area contributed by atoms with Gasteiger partial charge in [0.15, 0.2) is 0 Å². The Kier molecular flexibility index (Phi) is 6.03. The van der Waals surface area contributed by atoms with Crippen molar-refractivity contribution in [1.29, 1.82) is 0 Å². The van der Waals surface area contributed by atoms with Crippen LogP contribution in [-0.4, -0.2) is 25.0 Å². The van der Waals surface area contributed by atoms with Crippen LogP contribution in [0.3, 0.4) is 0 Å². The first-order valence-corrected chi connectivity index (χ1v) is 6.97. The molecule has 2 N–H and O–H groups in total. The highest BCUT2D eigenvalue weighted by molar-refractivity contribution is 5.78. The van der Waals surface area contributed by atoms with Crippen molar-refractivity contribution in [3.63, 3.8) is 0 Å². The Morgan fingerprint density at radius 2 is 1.84 bits per heavy atom. The van der Waals surface area contributed by atoms with E-state index < -0.39 is 0 Å². The van der Waals surface area contributed by atoms with Crippen LogP contribution in [0.15, 0.2) is 12.1 Å². The highest BCUT2D eigenvalue weighted by atomic mass is 16.1. The molecule has 0 spiro atoms. The predicted molar refractivity (Wildman–Crippen MR) is 80.5 cm³/mol. The molecular weight excluding hydrogens is 236 g/mol. The number of benzene rings is 1. The number of hydrogen-bond donors (Lipinski definition) is 2. The molecule has 0 saturated carbocycles. The summed E-state index contributed by atoms with van der Waals surface area (Å²) in [5.41, 5.74) is 5.34. The van der Waals surface area contributed by atoms with Gasteiger partial charge in [0.05, 0.1) is 6.54 Å². The van der Waals surface area contributed by atoms with Gasteiger partial charge in [-0.1, -0.05) is 26.0 Å². The fourth-order valence-corrected chi connectivity index (χ4v) is 1.98. The topological polar surface area (TPSA) is 41.1 Å². The van der Waals surface area contributed by atoms with Gasteiger partial charge in [-0.3, -0.25) is 4.79 Å². The van der Waals surface area contributed by atoms with Crippen LogP contribution < -0.4 is 10.6 Å².